The average molecular weight is 345 g/mol. The van der Waals surface area contributed by atoms with E-state index in [1.165, 1.54) is 6.42 Å². The Bertz CT molecular complexity index is 662. The topological polar surface area (TPSA) is 69.8 Å². The molecule has 0 aromatic carbocycles. The van der Waals surface area contributed by atoms with Crippen molar-refractivity contribution in [2.24, 2.45) is 4.99 Å². The molecule has 0 aliphatic carbocycles. The zero-order valence-corrected chi connectivity index (χ0v) is 15.9. The van der Waals surface area contributed by atoms with Gasteiger partial charge in [0.25, 0.3) is 0 Å². The van der Waals surface area contributed by atoms with Gasteiger partial charge < -0.3 is 15.5 Å². The summed E-state index contributed by atoms with van der Waals surface area (Å²) in [7, 11) is 2.17. The number of aromatic nitrogens is 3. The van der Waals surface area contributed by atoms with Crippen LogP contribution >= 0.6 is 0 Å². The Kier molecular flexibility index (Phi) is 7.66. The lowest BCUT2D eigenvalue weighted by Crippen LogP contribution is -2.38. The van der Waals surface area contributed by atoms with Crippen LogP contribution in [0.4, 0.5) is 0 Å². The van der Waals surface area contributed by atoms with Crippen LogP contribution in [0.3, 0.4) is 0 Å². The first kappa shape index (κ1) is 19.2. The van der Waals surface area contributed by atoms with Crippen molar-refractivity contribution in [2.45, 2.75) is 46.2 Å². The molecule has 0 saturated heterocycles. The van der Waals surface area contributed by atoms with Gasteiger partial charge in [-0.05, 0) is 59.3 Å². The standard InChI is InChI=1S/C18H31N7/c1-5-19-18(20-11-7-9-12-24(4)15(2)3)21-14-17-23-22-16-10-6-8-13-25(16)17/h6,8,10,13,15H,5,7,9,11-12,14H2,1-4H3,(H2,19,20,21). The Morgan fingerprint density at radius 2 is 2.08 bits per heavy atom. The minimum absolute atomic E-state index is 0.497. The quantitative estimate of drug-likeness (QED) is 0.413. The lowest BCUT2D eigenvalue weighted by atomic mass is 10.2. The highest BCUT2D eigenvalue weighted by Crippen LogP contribution is 2.03. The van der Waals surface area contributed by atoms with Gasteiger partial charge in [-0.2, -0.15) is 0 Å². The molecule has 0 spiro atoms. The number of hydrogen-bond acceptors (Lipinski definition) is 4. The van der Waals surface area contributed by atoms with E-state index in [0.29, 0.717) is 12.6 Å². The van der Waals surface area contributed by atoms with Crippen molar-refractivity contribution in [1.82, 2.24) is 30.1 Å². The zero-order chi connectivity index (χ0) is 18.1. The monoisotopic (exact) mass is 345 g/mol. The number of fused-ring (bicyclic) bond motifs is 1. The maximum Gasteiger partial charge on any atom is 0.191 e. The Morgan fingerprint density at radius 3 is 2.84 bits per heavy atom. The SMILES string of the molecule is CCNC(=NCc1nnc2ccccn12)NCCCCN(C)C(C)C. The number of nitrogens with zero attached hydrogens (tertiary/aromatic N) is 5. The van der Waals surface area contributed by atoms with Crippen molar-refractivity contribution in [3.05, 3.63) is 30.2 Å². The highest BCUT2D eigenvalue weighted by molar-refractivity contribution is 5.79. The largest absolute Gasteiger partial charge is 0.357 e. The van der Waals surface area contributed by atoms with Gasteiger partial charge in [0, 0.05) is 25.3 Å². The van der Waals surface area contributed by atoms with E-state index in [1.54, 1.807) is 0 Å². The smallest absolute Gasteiger partial charge is 0.191 e. The molecule has 138 valence electrons. The molecule has 0 radical (unpaired) electrons. The summed E-state index contributed by atoms with van der Waals surface area (Å²) in [4.78, 5) is 7.00. The van der Waals surface area contributed by atoms with Crippen LogP contribution in [-0.2, 0) is 6.54 Å². The van der Waals surface area contributed by atoms with Gasteiger partial charge in [-0.3, -0.25) is 4.40 Å². The van der Waals surface area contributed by atoms with Crippen LogP contribution in [0.5, 0.6) is 0 Å². The molecule has 0 unspecified atom stereocenters. The maximum atomic E-state index is 4.63. The first-order valence-electron chi connectivity index (χ1n) is 9.13. The number of aliphatic imine (C=N–C) groups is 1. The summed E-state index contributed by atoms with van der Waals surface area (Å²) in [6.45, 7) is 9.89. The predicted octanol–water partition coefficient (Wildman–Crippen LogP) is 1.90. The zero-order valence-electron chi connectivity index (χ0n) is 15.9. The van der Waals surface area contributed by atoms with E-state index < -0.39 is 0 Å². The Morgan fingerprint density at radius 1 is 1.24 bits per heavy atom. The van der Waals surface area contributed by atoms with Crippen LogP contribution in [0.15, 0.2) is 29.4 Å². The summed E-state index contributed by atoms with van der Waals surface area (Å²) < 4.78 is 1.97. The molecule has 0 bridgehead atoms. The van der Waals surface area contributed by atoms with E-state index in [-0.39, 0.29) is 0 Å². The van der Waals surface area contributed by atoms with Crippen LogP contribution in [0.2, 0.25) is 0 Å². The third kappa shape index (κ3) is 6.01. The Labute approximate surface area is 150 Å². The summed E-state index contributed by atoms with van der Waals surface area (Å²) in [6.07, 6.45) is 4.26. The molecule has 2 aromatic heterocycles. The molecule has 2 rings (SSSR count). The van der Waals surface area contributed by atoms with Crippen LogP contribution in [0.25, 0.3) is 5.65 Å². The van der Waals surface area contributed by atoms with Crippen molar-refractivity contribution < 1.29 is 0 Å². The molecular weight excluding hydrogens is 314 g/mol. The maximum absolute atomic E-state index is 4.63. The van der Waals surface area contributed by atoms with Crippen molar-refractivity contribution in [1.29, 1.82) is 0 Å². The second-order valence-electron chi connectivity index (χ2n) is 6.45. The van der Waals surface area contributed by atoms with Crippen LogP contribution in [0.1, 0.15) is 39.4 Å². The third-order valence-electron chi connectivity index (χ3n) is 4.22. The molecule has 25 heavy (non-hydrogen) atoms. The second-order valence-corrected chi connectivity index (χ2v) is 6.45. The van der Waals surface area contributed by atoms with Crippen molar-refractivity contribution in [3.8, 4) is 0 Å². The lowest BCUT2D eigenvalue weighted by Gasteiger charge is -2.20. The fraction of sp³-hybridized carbons (Fsp3) is 0.611. The first-order valence-corrected chi connectivity index (χ1v) is 9.13. The number of unbranched alkanes of at least 4 members (excludes halogenated alkanes) is 1. The molecular formula is C18H31N7. The Hall–Kier alpha value is -2.15. The van der Waals surface area contributed by atoms with Gasteiger partial charge in [0.2, 0.25) is 0 Å². The highest BCUT2D eigenvalue weighted by Gasteiger charge is 2.05. The van der Waals surface area contributed by atoms with Gasteiger partial charge in [-0.1, -0.05) is 6.07 Å². The van der Waals surface area contributed by atoms with Gasteiger partial charge in [0.1, 0.15) is 6.54 Å². The molecule has 2 aromatic rings. The summed E-state index contributed by atoms with van der Waals surface area (Å²) in [6, 6.07) is 6.48. The van der Waals surface area contributed by atoms with Gasteiger partial charge in [0.05, 0.1) is 0 Å². The van der Waals surface area contributed by atoms with Crippen LogP contribution in [-0.4, -0.2) is 58.2 Å². The van der Waals surface area contributed by atoms with Gasteiger partial charge >= 0.3 is 0 Å². The normalized spacial score (nSPS) is 12.3. The first-order chi connectivity index (χ1) is 12.1. The van der Waals surface area contributed by atoms with Gasteiger partial charge in [-0.25, -0.2) is 4.99 Å². The minimum Gasteiger partial charge on any atom is -0.357 e. The molecule has 0 amide bonds. The number of nitrogens with one attached hydrogen (secondary N) is 2. The number of pyridine rings is 1. The number of hydrogen-bond donors (Lipinski definition) is 2. The van der Waals surface area contributed by atoms with E-state index in [1.807, 2.05) is 28.8 Å². The van der Waals surface area contributed by atoms with E-state index in [4.69, 9.17) is 0 Å². The molecule has 7 nitrogen and oxygen atoms in total. The average Bonchev–Trinajstić information content (AvgIpc) is 3.02. The summed E-state index contributed by atoms with van der Waals surface area (Å²) >= 11 is 0. The highest BCUT2D eigenvalue weighted by atomic mass is 15.3. The fourth-order valence-corrected chi connectivity index (χ4v) is 2.44. The lowest BCUT2D eigenvalue weighted by molar-refractivity contribution is 0.268. The van der Waals surface area contributed by atoms with Crippen molar-refractivity contribution in [3.63, 3.8) is 0 Å². The van der Waals surface area contributed by atoms with E-state index in [9.17, 15) is 0 Å². The van der Waals surface area contributed by atoms with E-state index in [2.05, 4.69) is 58.5 Å². The van der Waals surface area contributed by atoms with Gasteiger partial charge in [0.15, 0.2) is 17.4 Å². The molecule has 0 aliphatic heterocycles. The van der Waals surface area contributed by atoms with E-state index in [0.717, 1.165) is 43.5 Å². The van der Waals surface area contributed by atoms with Crippen molar-refractivity contribution >= 4 is 11.6 Å². The van der Waals surface area contributed by atoms with Crippen molar-refractivity contribution in [2.75, 3.05) is 26.7 Å². The minimum atomic E-state index is 0.497. The summed E-state index contributed by atoms with van der Waals surface area (Å²) in [5.74, 6) is 1.67. The third-order valence-corrected chi connectivity index (χ3v) is 4.22. The van der Waals surface area contributed by atoms with Gasteiger partial charge in [-0.15, -0.1) is 10.2 Å². The number of rotatable bonds is 9. The van der Waals surface area contributed by atoms with Crippen LogP contribution < -0.4 is 10.6 Å². The molecule has 0 atom stereocenters. The fourth-order valence-electron chi connectivity index (χ4n) is 2.44. The van der Waals surface area contributed by atoms with E-state index >= 15 is 0 Å². The van der Waals surface area contributed by atoms with Crippen LogP contribution in [0, 0.1) is 0 Å². The Balaban J connectivity index is 1.82. The molecule has 0 fully saturated rings. The molecule has 7 heteroatoms. The molecule has 2 N–H and O–H groups in total. The predicted molar refractivity (Wildman–Crippen MR) is 103 cm³/mol. The molecule has 2 heterocycles. The summed E-state index contributed by atoms with van der Waals surface area (Å²) in [5, 5.41) is 15.1. The summed E-state index contributed by atoms with van der Waals surface area (Å²) in [5.41, 5.74) is 0.847. The number of guanidine groups is 1. The molecule has 0 saturated carbocycles. The second kappa shape index (κ2) is 9.98. The molecule has 0 aliphatic rings.